The molecule has 2 aliphatic rings. The van der Waals surface area contributed by atoms with Crippen molar-refractivity contribution in [3.63, 3.8) is 0 Å². The Labute approximate surface area is 190 Å². The molecule has 5 rings (SSSR count). The van der Waals surface area contributed by atoms with Crippen molar-refractivity contribution in [1.82, 2.24) is 14.5 Å². The molecule has 0 spiro atoms. The van der Waals surface area contributed by atoms with E-state index < -0.39 is 9.84 Å². The van der Waals surface area contributed by atoms with Crippen LogP contribution in [0.3, 0.4) is 0 Å². The second-order valence-electron chi connectivity index (χ2n) is 8.67. The van der Waals surface area contributed by atoms with Gasteiger partial charge < -0.3 is 4.90 Å². The number of amides is 1. The van der Waals surface area contributed by atoms with Gasteiger partial charge in [0.15, 0.2) is 9.84 Å². The molecular weight excluding hydrogens is 446 g/mol. The molecule has 9 heteroatoms. The number of thiophene rings is 1. The summed E-state index contributed by atoms with van der Waals surface area (Å²) in [5.41, 5.74) is 0.777. The van der Waals surface area contributed by atoms with Crippen molar-refractivity contribution in [2.75, 3.05) is 11.5 Å². The van der Waals surface area contributed by atoms with Gasteiger partial charge in [-0.3, -0.25) is 14.2 Å². The first-order chi connectivity index (χ1) is 15.4. The molecule has 1 aliphatic carbocycles. The molecule has 1 aromatic carbocycles. The van der Waals surface area contributed by atoms with E-state index in [0.29, 0.717) is 16.6 Å². The molecule has 1 saturated carbocycles. The lowest BCUT2D eigenvalue weighted by atomic mass is 10.1. The van der Waals surface area contributed by atoms with Gasteiger partial charge in [-0.2, -0.15) is 0 Å². The molecule has 1 amide bonds. The van der Waals surface area contributed by atoms with Crippen LogP contribution in [0.2, 0.25) is 0 Å². The topological polar surface area (TPSA) is 89.3 Å². The van der Waals surface area contributed by atoms with Crippen LogP contribution in [0.5, 0.6) is 0 Å². The van der Waals surface area contributed by atoms with Crippen LogP contribution in [-0.2, 0) is 21.2 Å². The molecule has 0 bridgehead atoms. The summed E-state index contributed by atoms with van der Waals surface area (Å²) in [7, 11) is -3.11. The minimum atomic E-state index is -3.11. The largest absolute Gasteiger partial charge is 0.334 e. The van der Waals surface area contributed by atoms with Crippen LogP contribution < -0.4 is 5.56 Å². The van der Waals surface area contributed by atoms with Gasteiger partial charge in [0.05, 0.1) is 23.2 Å². The van der Waals surface area contributed by atoms with Gasteiger partial charge in [0.1, 0.15) is 11.4 Å². The van der Waals surface area contributed by atoms with Crippen LogP contribution in [0.4, 0.5) is 0 Å². The molecule has 3 heterocycles. The van der Waals surface area contributed by atoms with Gasteiger partial charge in [0.2, 0.25) is 5.91 Å². The maximum absolute atomic E-state index is 13.4. The molecule has 1 atom stereocenters. The standard InChI is InChI=1S/C23H25N3O4S2/c27-21(26(17-8-4-5-9-17)18-10-11-32(29,30)14-18)13-25-15-24-22-19(23(25)28)12-20(31-22)16-6-2-1-3-7-16/h1-3,6-7,12,15,17-18H,4-5,8-11,13-14H2. The van der Waals surface area contributed by atoms with E-state index in [4.69, 9.17) is 0 Å². The number of nitrogens with zero attached hydrogens (tertiary/aromatic N) is 3. The Kier molecular flexibility index (Phi) is 5.63. The van der Waals surface area contributed by atoms with Crippen LogP contribution in [0.25, 0.3) is 20.7 Å². The molecule has 1 saturated heterocycles. The SMILES string of the molecule is O=C(Cn1cnc2sc(-c3ccccc3)cc2c1=O)N(C1CCCC1)C1CCS(=O)(=O)C1. The summed E-state index contributed by atoms with van der Waals surface area (Å²) >= 11 is 1.45. The Morgan fingerprint density at radius 3 is 2.56 bits per heavy atom. The van der Waals surface area contributed by atoms with Gasteiger partial charge in [0.25, 0.3) is 5.56 Å². The van der Waals surface area contributed by atoms with E-state index >= 15 is 0 Å². The van der Waals surface area contributed by atoms with E-state index in [9.17, 15) is 18.0 Å². The minimum absolute atomic E-state index is 0.0202. The zero-order valence-corrected chi connectivity index (χ0v) is 19.3. The maximum atomic E-state index is 13.4. The van der Waals surface area contributed by atoms with E-state index in [1.54, 1.807) is 4.90 Å². The summed E-state index contributed by atoms with van der Waals surface area (Å²) in [6.45, 7) is -0.120. The minimum Gasteiger partial charge on any atom is -0.334 e. The van der Waals surface area contributed by atoms with Gasteiger partial charge in [-0.15, -0.1) is 11.3 Å². The van der Waals surface area contributed by atoms with Crippen molar-refractivity contribution in [2.45, 2.75) is 50.7 Å². The zero-order valence-electron chi connectivity index (χ0n) is 17.6. The lowest BCUT2D eigenvalue weighted by Crippen LogP contribution is -2.48. The summed E-state index contributed by atoms with van der Waals surface area (Å²) in [6.07, 6.45) is 5.77. The van der Waals surface area contributed by atoms with Gasteiger partial charge in [0, 0.05) is 17.0 Å². The van der Waals surface area contributed by atoms with Crippen molar-refractivity contribution in [3.05, 3.63) is 53.1 Å². The van der Waals surface area contributed by atoms with Crippen molar-refractivity contribution in [2.24, 2.45) is 0 Å². The lowest BCUT2D eigenvalue weighted by molar-refractivity contribution is -0.136. The number of carbonyl (C=O) groups is 1. The van der Waals surface area contributed by atoms with Crippen LogP contribution in [0, 0.1) is 0 Å². The molecular formula is C23H25N3O4S2. The van der Waals surface area contributed by atoms with Gasteiger partial charge >= 0.3 is 0 Å². The maximum Gasteiger partial charge on any atom is 0.262 e. The van der Waals surface area contributed by atoms with Crippen LogP contribution in [-0.4, -0.2) is 52.4 Å². The molecule has 2 aromatic heterocycles. The second kappa shape index (κ2) is 8.44. The third-order valence-corrected chi connectivity index (χ3v) is 9.33. The van der Waals surface area contributed by atoms with E-state index in [1.165, 1.54) is 22.2 Å². The number of hydrogen-bond donors (Lipinski definition) is 0. The second-order valence-corrected chi connectivity index (χ2v) is 11.9. The monoisotopic (exact) mass is 471 g/mol. The predicted molar refractivity (Wildman–Crippen MR) is 125 cm³/mol. The first-order valence-corrected chi connectivity index (χ1v) is 13.6. The molecule has 3 aromatic rings. The highest BCUT2D eigenvalue weighted by Gasteiger charge is 2.39. The summed E-state index contributed by atoms with van der Waals surface area (Å²) in [5.74, 6) is -0.0497. The number of fused-ring (bicyclic) bond motifs is 1. The normalized spacial score (nSPS) is 20.7. The third kappa shape index (κ3) is 4.11. The molecule has 0 radical (unpaired) electrons. The first-order valence-electron chi connectivity index (χ1n) is 11.0. The molecule has 168 valence electrons. The molecule has 0 N–H and O–H groups in total. The average Bonchev–Trinajstić information content (AvgIpc) is 3.52. The van der Waals surface area contributed by atoms with E-state index in [2.05, 4.69) is 4.98 Å². The summed E-state index contributed by atoms with van der Waals surface area (Å²) in [6, 6.07) is 11.4. The molecule has 1 unspecified atom stereocenters. The number of rotatable bonds is 5. The van der Waals surface area contributed by atoms with Crippen LogP contribution in [0.1, 0.15) is 32.1 Å². The van der Waals surface area contributed by atoms with Crippen molar-refractivity contribution in [3.8, 4) is 10.4 Å². The average molecular weight is 472 g/mol. The number of hydrogen-bond acceptors (Lipinski definition) is 6. The molecule has 2 fully saturated rings. The predicted octanol–water partition coefficient (Wildman–Crippen LogP) is 3.08. The highest BCUT2D eigenvalue weighted by Crippen LogP contribution is 2.31. The highest BCUT2D eigenvalue weighted by atomic mass is 32.2. The zero-order chi connectivity index (χ0) is 22.3. The Balaban J connectivity index is 1.43. The highest BCUT2D eigenvalue weighted by molar-refractivity contribution is 7.91. The smallest absolute Gasteiger partial charge is 0.262 e. The Bertz CT molecular complexity index is 1310. The van der Waals surface area contributed by atoms with E-state index in [0.717, 1.165) is 36.1 Å². The number of benzene rings is 1. The van der Waals surface area contributed by atoms with Gasteiger partial charge in [-0.25, -0.2) is 13.4 Å². The van der Waals surface area contributed by atoms with Crippen molar-refractivity contribution >= 4 is 37.3 Å². The number of carbonyl (C=O) groups excluding carboxylic acids is 1. The lowest BCUT2D eigenvalue weighted by Gasteiger charge is -2.34. The van der Waals surface area contributed by atoms with E-state index in [1.807, 2.05) is 36.4 Å². The van der Waals surface area contributed by atoms with E-state index in [-0.39, 0.29) is 41.6 Å². The quantitative estimate of drug-likeness (QED) is 0.571. The Hall–Kier alpha value is -2.52. The first kappa shape index (κ1) is 21.3. The fourth-order valence-electron chi connectivity index (χ4n) is 4.93. The third-order valence-electron chi connectivity index (χ3n) is 6.49. The Morgan fingerprint density at radius 2 is 1.88 bits per heavy atom. The van der Waals surface area contributed by atoms with Crippen molar-refractivity contribution < 1.29 is 13.2 Å². The fourth-order valence-corrected chi connectivity index (χ4v) is 7.63. The number of sulfone groups is 1. The summed E-state index contributed by atoms with van der Waals surface area (Å²) < 4.78 is 25.5. The van der Waals surface area contributed by atoms with Crippen LogP contribution >= 0.6 is 11.3 Å². The van der Waals surface area contributed by atoms with Crippen molar-refractivity contribution in [1.29, 1.82) is 0 Å². The van der Waals surface area contributed by atoms with Crippen LogP contribution in [0.15, 0.2) is 47.5 Å². The number of aromatic nitrogens is 2. The summed E-state index contributed by atoms with van der Waals surface area (Å²) in [5, 5.41) is 0.500. The molecule has 1 aliphatic heterocycles. The van der Waals surface area contributed by atoms with Gasteiger partial charge in [-0.05, 0) is 30.9 Å². The summed E-state index contributed by atoms with van der Waals surface area (Å²) in [4.78, 5) is 34.3. The molecule has 32 heavy (non-hydrogen) atoms. The fraction of sp³-hybridized carbons (Fsp3) is 0.435. The Morgan fingerprint density at radius 1 is 1.12 bits per heavy atom. The molecule has 7 nitrogen and oxygen atoms in total. The van der Waals surface area contributed by atoms with Gasteiger partial charge in [-0.1, -0.05) is 43.2 Å².